The van der Waals surface area contributed by atoms with Crippen molar-refractivity contribution in [2.24, 2.45) is 0 Å². The number of thioether (sulfide) groups is 1. The minimum atomic E-state index is -0.258. The van der Waals surface area contributed by atoms with Gasteiger partial charge in [-0.05, 0) is 74.0 Å². The van der Waals surface area contributed by atoms with Crippen LogP contribution in [0.15, 0.2) is 90.0 Å². The molecule has 0 spiro atoms. The van der Waals surface area contributed by atoms with Crippen molar-refractivity contribution in [1.29, 1.82) is 0 Å². The molecule has 0 radical (unpaired) electrons. The molecule has 0 bridgehead atoms. The Labute approximate surface area is 239 Å². The Morgan fingerprint density at radius 2 is 1.77 bits per heavy atom. The molecule has 7 heteroatoms. The summed E-state index contributed by atoms with van der Waals surface area (Å²) in [5.41, 5.74) is 11.0. The Morgan fingerprint density at radius 3 is 2.45 bits per heavy atom. The molecule has 0 amide bonds. The lowest BCUT2D eigenvalue weighted by Gasteiger charge is -2.24. The number of benzene rings is 2. The van der Waals surface area contributed by atoms with Crippen molar-refractivity contribution < 1.29 is 9.13 Å². The average molecular weight is 555 g/mol. The second-order valence-corrected chi connectivity index (χ2v) is 12.9. The van der Waals surface area contributed by atoms with Gasteiger partial charge in [0.15, 0.2) is 0 Å². The SMILES string of the molecule is Cc1c(SC(C)(C)C)c2cc(OC(C)c3ccccn3)ccc2n1C(Cc1cccc(N)n1)c1ccc(F)cc1. The maximum atomic E-state index is 14.0. The fourth-order valence-electron chi connectivity index (χ4n) is 5.04. The van der Waals surface area contributed by atoms with Crippen LogP contribution in [0.4, 0.5) is 10.2 Å². The van der Waals surface area contributed by atoms with Crippen molar-refractivity contribution in [1.82, 2.24) is 14.5 Å². The largest absolute Gasteiger partial charge is 0.484 e. The number of nitrogens with zero attached hydrogens (tertiary/aromatic N) is 3. The topological polar surface area (TPSA) is 66.0 Å². The predicted molar refractivity (Wildman–Crippen MR) is 162 cm³/mol. The van der Waals surface area contributed by atoms with Gasteiger partial charge < -0.3 is 15.0 Å². The maximum Gasteiger partial charge on any atom is 0.138 e. The number of anilines is 1. The van der Waals surface area contributed by atoms with Crippen molar-refractivity contribution in [3.63, 3.8) is 0 Å². The number of ether oxygens (including phenoxy) is 1. The summed E-state index contributed by atoms with van der Waals surface area (Å²) in [5.74, 6) is 1.01. The third kappa shape index (κ3) is 6.15. The Balaban J connectivity index is 1.65. The van der Waals surface area contributed by atoms with Gasteiger partial charge in [-0.1, -0.05) is 45.0 Å². The molecule has 206 valence electrons. The first-order chi connectivity index (χ1) is 19.1. The van der Waals surface area contributed by atoms with Gasteiger partial charge in [0.2, 0.25) is 0 Å². The van der Waals surface area contributed by atoms with E-state index in [1.807, 2.05) is 67.2 Å². The molecule has 0 fully saturated rings. The zero-order valence-electron chi connectivity index (χ0n) is 23.6. The smallest absolute Gasteiger partial charge is 0.138 e. The van der Waals surface area contributed by atoms with Gasteiger partial charge in [0.1, 0.15) is 23.5 Å². The summed E-state index contributed by atoms with van der Waals surface area (Å²) in [6.45, 7) is 10.8. The summed E-state index contributed by atoms with van der Waals surface area (Å²) >= 11 is 1.84. The Kier molecular flexibility index (Phi) is 7.86. The third-order valence-electron chi connectivity index (χ3n) is 6.78. The monoisotopic (exact) mass is 554 g/mol. The van der Waals surface area contributed by atoms with Crippen molar-refractivity contribution in [2.75, 3.05) is 5.73 Å². The highest BCUT2D eigenvalue weighted by atomic mass is 32.2. The van der Waals surface area contributed by atoms with Crippen LogP contribution in [0.1, 0.15) is 62.5 Å². The van der Waals surface area contributed by atoms with Crippen LogP contribution in [0.3, 0.4) is 0 Å². The Hall–Kier alpha value is -3.84. The number of hydrogen-bond acceptors (Lipinski definition) is 5. The summed E-state index contributed by atoms with van der Waals surface area (Å²) < 4.78 is 22.7. The summed E-state index contributed by atoms with van der Waals surface area (Å²) in [6.07, 6.45) is 2.20. The van der Waals surface area contributed by atoms with Crippen LogP contribution in [0.2, 0.25) is 0 Å². The minimum absolute atomic E-state index is 0.0111. The van der Waals surface area contributed by atoms with Crippen LogP contribution in [0.5, 0.6) is 5.75 Å². The van der Waals surface area contributed by atoms with Crippen LogP contribution < -0.4 is 10.5 Å². The van der Waals surface area contributed by atoms with Gasteiger partial charge in [-0.25, -0.2) is 9.37 Å². The number of rotatable bonds is 8. The van der Waals surface area contributed by atoms with Gasteiger partial charge in [-0.2, -0.15) is 0 Å². The highest BCUT2D eigenvalue weighted by Crippen LogP contribution is 2.44. The molecule has 5 rings (SSSR count). The molecule has 2 atom stereocenters. The van der Waals surface area contributed by atoms with Gasteiger partial charge >= 0.3 is 0 Å². The normalized spacial score (nSPS) is 13.3. The zero-order chi connectivity index (χ0) is 28.4. The molecule has 0 saturated carbocycles. The van der Waals surface area contributed by atoms with Crippen LogP contribution in [0, 0.1) is 12.7 Å². The Morgan fingerprint density at radius 1 is 1.00 bits per heavy atom. The summed E-state index contributed by atoms with van der Waals surface area (Å²) in [5, 5.41) is 1.12. The van der Waals surface area contributed by atoms with Crippen molar-refractivity contribution >= 4 is 28.5 Å². The van der Waals surface area contributed by atoms with E-state index in [0.29, 0.717) is 12.2 Å². The van der Waals surface area contributed by atoms with E-state index in [2.05, 4.69) is 54.4 Å². The molecule has 0 aliphatic rings. The highest BCUT2D eigenvalue weighted by Gasteiger charge is 2.26. The lowest BCUT2D eigenvalue weighted by Crippen LogP contribution is -2.16. The second-order valence-electron chi connectivity index (χ2n) is 11.0. The number of fused-ring (bicyclic) bond motifs is 1. The standard InChI is InChI=1S/C33H35FN4OS/c1-21-32(40-33(3,4)5)27-20-26(39-22(2)28-10-6-7-18-36-28)16-17-29(27)38(21)30(23-12-14-24(34)15-13-23)19-25-9-8-11-31(35)37-25/h6-18,20,22,30H,19H2,1-5H3,(H2,35,37). The molecule has 0 saturated heterocycles. The third-order valence-corrected chi connectivity index (χ3v) is 8.12. The molecule has 2 aromatic carbocycles. The van der Waals surface area contributed by atoms with E-state index in [-0.39, 0.29) is 22.7 Å². The van der Waals surface area contributed by atoms with Gasteiger partial charge in [-0.3, -0.25) is 4.98 Å². The van der Waals surface area contributed by atoms with Gasteiger partial charge in [0.25, 0.3) is 0 Å². The summed E-state index contributed by atoms with van der Waals surface area (Å²) in [4.78, 5) is 10.2. The predicted octanol–water partition coefficient (Wildman–Crippen LogP) is 8.32. The number of aromatic nitrogens is 3. The summed E-state index contributed by atoms with van der Waals surface area (Å²) in [7, 11) is 0. The zero-order valence-corrected chi connectivity index (χ0v) is 24.4. The Bertz CT molecular complexity index is 1610. The van der Waals surface area contributed by atoms with Gasteiger partial charge in [0.05, 0.1) is 17.3 Å². The molecule has 2 unspecified atom stereocenters. The fourth-order valence-corrected chi connectivity index (χ4v) is 6.17. The molecule has 5 nitrogen and oxygen atoms in total. The number of hydrogen-bond donors (Lipinski definition) is 1. The quantitative estimate of drug-likeness (QED) is 0.195. The van der Waals surface area contributed by atoms with E-state index in [1.54, 1.807) is 12.3 Å². The number of halogens is 1. The number of nitrogen functional groups attached to an aromatic ring is 1. The first kappa shape index (κ1) is 27.7. The first-order valence-corrected chi connectivity index (χ1v) is 14.3. The molecule has 3 aromatic heterocycles. The average Bonchev–Trinajstić information content (AvgIpc) is 3.17. The highest BCUT2D eigenvalue weighted by molar-refractivity contribution is 8.00. The van der Waals surface area contributed by atoms with E-state index in [9.17, 15) is 4.39 Å². The second kappa shape index (κ2) is 11.3. The molecular formula is C33H35FN4OS. The van der Waals surface area contributed by atoms with Gasteiger partial charge in [-0.15, -0.1) is 11.8 Å². The number of pyridine rings is 2. The first-order valence-electron chi connectivity index (χ1n) is 13.5. The van der Waals surface area contributed by atoms with Crippen LogP contribution in [-0.4, -0.2) is 19.3 Å². The van der Waals surface area contributed by atoms with Crippen LogP contribution in [-0.2, 0) is 6.42 Å². The van der Waals surface area contributed by atoms with E-state index in [1.165, 1.54) is 17.0 Å². The van der Waals surface area contributed by atoms with E-state index in [4.69, 9.17) is 10.5 Å². The molecular weight excluding hydrogens is 519 g/mol. The molecule has 2 N–H and O–H groups in total. The van der Waals surface area contributed by atoms with Crippen LogP contribution >= 0.6 is 11.8 Å². The van der Waals surface area contributed by atoms with Crippen LogP contribution in [0.25, 0.3) is 10.9 Å². The van der Waals surface area contributed by atoms with E-state index in [0.717, 1.165) is 39.3 Å². The summed E-state index contributed by atoms with van der Waals surface area (Å²) in [6, 6.07) is 24.5. The maximum absolute atomic E-state index is 14.0. The van der Waals surface area contributed by atoms with Gasteiger partial charge in [0, 0.05) is 39.0 Å². The fraction of sp³-hybridized carbons (Fsp3) is 0.273. The lowest BCUT2D eigenvalue weighted by molar-refractivity contribution is 0.222. The molecule has 0 aliphatic carbocycles. The number of nitrogens with two attached hydrogens (primary N) is 1. The van der Waals surface area contributed by atoms with Crippen molar-refractivity contribution in [2.45, 2.75) is 62.8 Å². The van der Waals surface area contributed by atoms with E-state index >= 15 is 0 Å². The molecule has 5 aromatic rings. The minimum Gasteiger partial charge on any atom is -0.484 e. The molecule has 40 heavy (non-hydrogen) atoms. The molecule has 0 aliphatic heterocycles. The van der Waals surface area contributed by atoms with Crippen molar-refractivity contribution in [3.05, 3.63) is 114 Å². The molecule has 3 heterocycles. The van der Waals surface area contributed by atoms with Crippen molar-refractivity contribution in [3.8, 4) is 5.75 Å². The lowest BCUT2D eigenvalue weighted by atomic mass is 10.0. The van der Waals surface area contributed by atoms with E-state index < -0.39 is 0 Å².